The summed E-state index contributed by atoms with van der Waals surface area (Å²) in [5.41, 5.74) is 0.674. The Bertz CT molecular complexity index is 347. The molecule has 0 fully saturated rings. The second-order valence-electron chi connectivity index (χ2n) is 1.91. The summed E-state index contributed by atoms with van der Waals surface area (Å²) in [6.07, 6.45) is 0. The van der Waals surface area contributed by atoms with Crippen molar-refractivity contribution >= 4 is 35.0 Å². The minimum absolute atomic E-state index is 0.0587. The molecule has 1 aromatic rings. The van der Waals surface area contributed by atoms with Crippen LogP contribution in [0.4, 0.5) is 0 Å². The molecule has 0 N–H and O–H groups in total. The smallest absolute Gasteiger partial charge is 0.210 e. The molecule has 0 saturated heterocycles. The molecule has 0 saturated carbocycles. The van der Waals surface area contributed by atoms with E-state index in [4.69, 9.17) is 28.5 Å². The Morgan fingerprint density at radius 3 is 2.67 bits per heavy atom. The summed E-state index contributed by atoms with van der Waals surface area (Å²) in [5, 5.41) is 11.1. The van der Waals surface area contributed by atoms with Crippen molar-refractivity contribution in [2.24, 2.45) is 0 Å². The first-order valence-corrected chi connectivity index (χ1v) is 4.48. The van der Waals surface area contributed by atoms with Crippen molar-refractivity contribution in [2.45, 2.75) is 11.9 Å². The number of rotatable bonds is 1. The van der Waals surface area contributed by atoms with Gasteiger partial charge >= 0.3 is 0 Å². The number of hydrogen-bond donors (Lipinski definition) is 0. The molecule has 0 amide bonds. The highest BCUT2D eigenvalue weighted by Crippen LogP contribution is 2.25. The van der Waals surface area contributed by atoms with Crippen LogP contribution in [0.25, 0.3) is 0 Å². The van der Waals surface area contributed by atoms with Crippen LogP contribution in [0, 0.1) is 17.6 Å². The fourth-order valence-corrected chi connectivity index (χ4v) is 1.54. The quantitative estimate of drug-likeness (QED) is 0.316. The SMILES string of the molecule is Cc1c(Cl)nc(Cl)nc1SC#N. The van der Waals surface area contributed by atoms with Crippen LogP contribution >= 0.6 is 35.0 Å². The Kier molecular flexibility index (Phi) is 3.15. The van der Waals surface area contributed by atoms with Gasteiger partial charge in [0.2, 0.25) is 5.28 Å². The predicted molar refractivity (Wildman–Crippen MR) is 48.3 cm³/mol. The van der Waals surface area contributed by atoms with Gasteiger partial charge in [0.25, 0.3) is 0 Å². The zero-order valence-corrected chi connectivity index (χ0v) is 8.33. The molecular formula is C6H3Cl2N3S. The molecule has 0 aliphatic carbocycles. The molecule has 6 heteroatoms. The van der Waals surface area contributed by atoms with E-state index in [0.717, 1.165) is 11.8 Å². The first-order valence-electron chi connectivity index (χ1n) is 2.90. The summed E-state index contributed by atoms with van der Waals surface area (Å²) in [6, 6.07) is 0. The van der Waals surface area contributed by atoms with Crippen LogP contribution in [-0.2, 0) is 0 Å². The van der Waals surface area contributed by atoms with Gasteiger partial charge in [-0.2, -0.15) is 5.26 Å². The highest BCUT2D eigenvalue weighted by molar-refractivity contribution is 8.03. The van der Waals surface area contributed by atoms with E-state index < -0.39 is 0 Å². The van der Waals surface area contributed by atoms with E-state index >= 15 is 0 Å². The number of nitriles is 1. The van der Waals surface area contributed by atoms with Crippen molar-refractivity contribution in [3.8, 4) is 5.40 Å². The summed E-state index contributed by atoms with van der Waals surface area (Å²) in [7, 11) is 0. The Hall–Kier alpha value is -0.500. The van der Waals surface area contributed by atoms with Crippen LogP contribution in [0.15, 0.2) is 5.03 Å². The number of halogens is 2. The van der Waals surface area contributed by atoms with Crippen molar-refractivity contribution in [2.75, 3.05) is 0 Å². The van der Waals surface area contributed by atoms with E-state index in [2.05, 4.69) is 9.97 Å². The molecule has 1 rings (SSSR count). The molecule has 0 spiro atoms. The average molecular weight is 220 g/mol. The van der Waals surface area contributed by atoms with E-state index in [1.54, 1.807) is 6.92 Å². The van der Waals surface area contributed by atoms with Gasteiger partial charge in [-0.3, -0.25) is 0 Å². The maximum absolute atomic E-state index is 8.39. The standard InChI is InChI=1S/C6H3Cl2N3S/c1-3-4(7)10-6(8)11-5(3)12-2-9/h1H3. The van der Waals surface area contributed by atoms with Crippen molar-refractivity contribution in [1.29, 1.82) is 5.26 Å². The number of aromatic nitrogens is 2. The lowest BCUT2D eigenvalue weighted by Crippen LogP contribution is -1.90. The molecule has 62 valence electrons. The van der Waals surface area contributed by atoms with Crippen molar-refractivity contribution < 1.29 is 0 Å². The molecule has 0 aliphatic rings. The Balaban J connectivity index is 3.20. The summed E-state index contributed by atoms with van der Waals surface area (Å²) in [6.45, 7) is 1.73. The van der Waals surface area contributed by atoms with Crippen LogP contribution in [0.2, 0.25) is 10.4 Å². The number of hydrogen-bond acceptors (Lipinski definition) is 4. The van der Waals surface area contributed by atoms with Gasteiger partial charge < -0.3 is 0 Å². The summed E-state index contributed by atoms with van der Waals surface area (Å²) < 4.78 is 0. The monoisotopic (exact) mass is 219 g/mol. The summed E-state index contributed by atoms with van der Waals surface area (Å²) in [4.78, 5) is 7.55. The molecule has 0 unspecified atom stereocenters. The molecule has 1 aromatic heterocycles. The minimum atomic E-state index is 0.0587. The predicted octanol–water partition coefficient (Wildman–Crippen LogP) is 2.67. The summed E-state index contributed by atoms with van der Waals surface area (Å²) in [5.74, 6) is 0. The number of thioether (sulfide) groups is 1. The fourth-order valence-electron chi connectivity index (χ4n) is 0.588. The van der Waals surface area contributed by atoms with Crippen LogP contribution in [0.3, 0.4) is 0 Å². The van der Waals surface area contributed by atoms with E-state index in [1.165, 1.54) is 0 Å². The second kappa shape index (κ2) is 3.94. The van der Waals surface area contributed by atoms with Gasteiger partial charge in [-0.15, -0.1) is 0 Å². The molecule has 3 nitrogen and oxygen atoms in total. The molecule has 0 bridgehead atoms. The lowest BCUT2D eigenvalue weighted by molar-refractivity contribution is 1.01. The zero-order chi connectivity index (χ0) is 9.14. The Labute approximate surface area is 83.7 Å². The van der Waals surface area contributed by atoms with Crippen molar-refractivity contribution in [1.82, 2.24) is 9.97 Å². The van der Waals surface area contributed by atoms with Gasteiger partial charge in [0.15, 0.2) is 0 Å². The molecule has 1 heterocycles. The molecule has 12 heavy (non-hydrogen) atoms. The Morgan fingerprint density at radius 1 is 1.42 bits per heavy atom. The van der Waals surface area contributed by atoms with Gasteiger partial charge in [0, 0.05) is 17.3 Å². The lowest BCUT2D eigenvalue weighted by Gasteiger charge is -2.00. The van der Waals surface area contributed by atoms with E-state index in [1.807, 2.05) is 5.40 Å². The average Bonchev–Trinajstić information content (AvgIpc) is 2.00. The molecule has 0 aromatic carbocycles. The van der Waals surface area contributed by atoms with E-state index in [9.17, 15) is 0 Å². The molecular weight excluding hydrogens is 217 g/mol. The van der Waals surface area contributed by atoms with Crippen LogP contribution < -0.4 is 0 Å². The Morgan fingerprint density at radius 2 is 2.08 bits per heavy atom. The minimum Gasteiger partial charge on any atom is -0.210 e. The zero-order valence-electron chi connectivity index (χ0n) is 6.01. The van der Waals surface area contributed by atoms with Gasteiger partial charge in [-0.1, -0.05) is 11.6 Å². The van der Waals surface area contributed by atoms with Crippen LogP contribution in [0.5, 0.6) is 0 Å². The fraction of sp³-hybridized carbons (Fsp3) is 0.167. The third kappa shape index (κ3) is 2.01. The summed E-state index contributed by atoms with van der Waals surface area (Å²) >= 11 is 12.1. The maximum atomic E-state index is 8.39. The first kappa shape index (κ1) is 9.59. The number of nitrogens with zero attached hydrogens (tertiary/aromatic N) is 3. The van der Waals surface area contributed by atoms with Gasteiger partial charge in [-0.05, 0) is 18.5 Å². The van der Waals surface area contributed by atoms with E-state index in [-0.39, 0.29) is 10.4 Å². The van der Waals surface area contributed by atoms with Crippen LogP contribution in [0.1, 0.15) is 5.56 Å². The van der Waals surface area contributed by atoms with Crippen LogP contribution in [-0.4, -0.2) is 9.97 Å². The number of thiocyanates is 1. The van der Waals surface area contributed by atoms with Crippen molar-refractivity contribution in [3.63, 3.8) is 0 Å². The van der Waals surface area contributed by atoms with E-state index in [0.29, 0.717) is 10.6 Å². The highest BCUT2D eigenvalue weighted by atomic mass is 35.5. The van der Waals surface area contributed by atoms with Gasteiger partial charge in [-0.25, -0.2) is 9.97 Å². The molecule has 0 radical (unpaired) electrons. The topological polar surface area (TPSA) is 49.6 Å². The second-order valence-corrected chi connectivity index (χ2v) is 3.38. The van der Waals surface area contributed by atoms with Crippen molar-refractivity contribution in [3.05, 3.63) is 16.0 Å². The molecule has 0 atom stereocenters. The molecule has 0 aliphatic heterocycles. The van der Waals surface area contributed by atoms with Gasteiger partial charge in [0.1, 0.15) is 15.6 Å². The largest absolute Gasteiger partial charge is 0.224 e. The lowest BCUT2D eigenvalue weighted by atomic mass is 10.4. The third-order valence-corrected chi connectivity index (χ3v) is 2.38. The maximum Gasteiger partial charge on any atom is 0.224 e. The highest BCUT2D eigenvalue weighted by Gasteiger charge is 2.07. The third-order valence-electron chi connectivity index (χ3n) is 1.16. The normalized spacial score (nSPS) is 9.50. The first-order chi connectivity index (χ1) is 5.65. The van der Waals surface area contributed by atoms with Gasteiger partial charge in [0.05, 0.1) is 0 Å².